The minimum Gasteiger partial charge on any atom is -0.259 e. The molecule has 0 heterocycles. The van der Waals surface area contributed by atoms with E-state index in [0.29, 0.717) is 11.2 Å². The molecule has 0 N–H and O–H groups in total. The SMILES string of the molecule is CCCCS(=O)C(CCC)C(C)CC. The average Bonchev–Trinajstić information content (AvgIpc) is 2.21. The van der Waals surface area contributed by atoms with Crippen molar-refractivity contribution in [2.45, 2.75) is 65.0 Å². The van der Waals surface area contributed by atoms with Crippen LogP contribution in [-0.2, 0) is 10.8 Å². The molecule has 0 fully saturated rings. The van der Waals surface area contributed by atoms with Gasteiger partial charge < -0.3 is 0 Å². The maximum atomic E-state index is 12.0. The highest BCUT2D eigenvalue weighted by Gasteiger charge is 2.20. The standard InChI is InChI=1S/C12H26OS/c1-5-8-10-14(13)12(9-6-2)11(4)7-3/h11-12H,5-10H2,1-4H3. The molecular formula is C12H26OS. The Labute approximate surface area is 92.1 Å². The molecule has 0 aliphatic heterocycles. The van der Waals surface area contributed by atoms with Crippen LogP contribution in [0.3, 0.4) is 0 Å². The molecule has 0 spiro atoms. The normalized spacial score (nSPS) is 17.7. The molecule has 3 unspecified atom stereocenters. The van der Waals surface area contributed by atoms with Gasteiger partial charge in [-0.3, -0.25) is 4.21 Å². The van der Waals surface area contributed by atoms with E-state index >= 15 is 0 Å². The maximum absolute atomic E-state index is 12.0. The van der Waals surface area contributed by atoms with Gasteiger partial charge in [0.25, 0.3) is 0 Å². The first-order chi connectivity index (χ1) is 6.67. The van der Waals surface area contributed by atoms with E-state index in [-0.39, 0.29) is 0 Å². The van der Waals surface area contributed by atoms with Crippen LogP contribution in [0.1, 0.15) is 59.8 Å². The Morgan fingerprint density at radius 1 is 1.14 bits per heavy atom. The molecule has 0 aromatic heterocycles. The Bertz CT molecular complexity index is 156. The highest BCUT2D eigenvalue weighted by molar-refractivity contribution is 7.85. The zero-order chi connectivity index (χ0) is 11.0. The van der Waals surface area contributed by atoms with Crippen molar-refractivity contribution >= 4 is 10.8 Å². The Morgan fingerprint density at radius 3 is 2.21 bits per heavy atom. The highest BCUT2D eigenvalue weighted by atomic mass is 32.2. The molecule has 0 aromatic carbocycles. The number of rotatable bonds is 8. The van der Waals surface area contributed by atoms with Gasteiger partial charge in [0.1, 0.15) is 0 Å². The largest absolute Gasteiger partial charge is 0.259 e. The first-order valence-electron chi connectivity index (χ1n) is 6.04. The summed E-state index contributed by atoms with van der Waals surface area (Å²) in [6.45, 7) is 8.79. The molecule has 0 saturated heterocycles. The number of unbranched alkanes of at least 4 members (excludes halogenated alkanes) is 1. The van der Waals surface area contributed by atoms with Gasteiger partial charge in [-0.2, -0.15) is 0 Å². The van der Waals surface area contributed by atoms with Crippen molar-refractivity contribution in [2.24, 2.45) is 5.92 Å². The van der Waals surface area contributed by atoms with Crippen molar-refractivity contribution in [3.63, 3.8) is 0 Å². The fourth-order valence-corrected chi connectivity index (χ4v) is 3.75. The van der Waals surface area contributed by atoms with Crippen LogP contribution in [0, 0.1) is 5.92 Å². The monoisotopic (exact) mass is 218 g/mol. The zero-order valence-corrected chi connectivity index (χ0v) is 11.0. The van der Waals surface area contributed by atoms with Gasteiger partial charge in [-0.25, -0.2) is 0 Å². The average molecular weight is 218 g/mol. The summed E-state index contributed by atoms with van der Waals surface area (Å²) in [6.07, 6.45) is 5.72. The fourth-order valence-electron chi connectivity index (χ4n) is 1.66. The Kier molecular flexibility index (Phi) is 8.55. The molecule has 0 bridgehead atoms. The Balaban J connectivity index is 4.10. The molecule has 0 saturated carbocycles. The van der Waals surface area contributed by atoms with Gasteiger partial charge in [-0.05, 0) is 18.8 Å². The third kappa shape index (κ3) is 5.14. The van der Waals surface area contributed by atoms with E-state index in [9.17, 15) is 4.21 Å². The van der Waals surface area contributed by atoms with Crippen LogP contribution < -0.4 is 0 Å². The summed E-state index contributed by atoms with van der Waals surface area (Å²) in [5, 5.41) is 0.441. The molecule has 0 aliphatic carbocycles. The predicted molar refractivity (Wildman–Crippen MR) is 66.1 cm³/mol. The summed E-state index contributed by atoms with van der Waals surface area (Å²) in [7, 11) is -0.588. The van der Waals surface area contributed by atoms with Crippen LogP contribution in [0.25, 0.3) is 0 Å². The smallest absolute Gasteiger partial charge is 0.0373 e. The van der Waals surface area contributed by atoms with Crippen molar-refractivity contribution in [1.82, 2.24) is 0 Å². The Hall–Kier alpha value is 0.150. The van der Waals surface area contributed by atoms with Gasteiger partial charge in [0.05, 0.1) is 0 Å². The molecular weight excluding hydrogens is 192 g/mol. The lowest BCUT2D eigenvalue weighted by atomic mass is 10.0. The molecule has 0 aliphatic rings. The summed E-state index contributed by atoms with van der Waals surface area (Å²) < 4.78 is 12.0. The molecule has 2 heteroatoms. The third-order valence-corrected chi connectivity index (χ3v) is 4.96. The molecule has 0 amide bonds. The fraction of sp³-hybridized carbons (Fsp3) is 1.00. The van der Waals surface area contributed by atoms with E-state index in [1.54, 1.807) is 0 Å². The van der Waals surface area contributed by atoms with Crippen molar-refractivity contribution < 1.29 is 4.21 Å². The quantitative estimate of drug-likeness (QED) is 0.606. The van der Waals surface area contributed by atoms with Crippen LogP contribution in [0.4, 0.5) is 0 Å². The van der Waals surface area contributed by atoms with Crippen molar-refractivity contribution in [2.75, 3.05) is 5.75 Å². The number of hydrogen-bond acceptors (Lipinski definition) is 1. The van der Waals surface area contributed by atoms with E-state index in [1.165, 1.54) is 0 Å². The molecule has 0 aromatic rings. The maximum Gasteiger partial charge on any atom is 0.0373 e. The van der Waals surface area contributed by atoms with Gasteiger partial charge in [0, 0.05) is 21.8 Å². The Morgan fingerprint density at radius 2 is 1.79 bits per heavy atom. The van der Waals surface area contributed by atoms with E-state index in [1.807, 2.05) is 0 Å². The second-order valence-electron chi connectivity index (χ2n) is 4.15. The van der Waals surface area contributed by atoms with Crippen LogP contribution >= 0.6 is 0 Å². The van der Waals surface area contributed by atoms with Crippen molar-refractivity contribution in [1.29, 1.82) is 0 Å². The topological polar surface area (TPSA) is 17.1 Å². The van der Waals surface area contributed by atoms with E-state index in [4.69, 9.17) is 0 Å². The summed E-state index contributed by atoms with van der Waals surface area (Å²) in [4.78, 5) is 0. The lowest BCUT2D eigenvalue weighted by Gasteiger charge is -2.21. The first-order valence-corrected chi connectivity index (χ1v) is 7.42. The van der Waals surface area contributed by atoms with Gasteiger partial charge >= 0.3 is 0 Å². The van der Waals surface area contributed by atoms with Crippen LogP contribution in [0.5, 0.6) is 0 Å². The third-order valence-electron chi connectivity index (χ3n) is 2.89. The second kappa shape index (κ2) is 8.46. The number of hydrogen-bond donors (Lipinski definition) is 0. The molecule has 0 rings (SSSR count). The van der Waals surface area contributed by atoms with Crippen molar-refractivity contribution in [3.05, 3.63) is 0 Å². The minimum atomic E-state index is -0.588. The zero-order valence-electron chi connectivity index (χ0n) is 10.2. The summed E-state index contributed by atoms with van der Waals surface area (Å²) >= 11 is 0. The summed E-state index contributed by atoms with van der Waals surface area (Å²) in [6, 6.07) is 0. The molecule has 1 nitrogen and oxygen atoms in total. The predicted octanol–water partition coefficient (Wildman–Crippen LogP) is 3.75. The second-order valence-corrected chi connectivity index (χ2v) is 5.93. The van der Waals surface area contributed by atoms with Crippen molar-refractivity contribution in [3.8, 4) is 0 Å². The molecule has 3 atom stereocenters. The van der Waals surface area contributed by atoms with Crippen LogP contribution in [0.2, 0.25) is 0 Å². The van der Waals surface area contributed by atoms with Crippen LogP contribution in [0.15, 0.2) is 0 Å². The minimum absolute atomic E-state index is 0.441. The van der Waals surface area contributed by atoms with Gasteiger partial charge in [-0.15, -0.1) is 0 Å². The summed E-state index contributed by atoms with van der Waals surface area (Å²) in [5.41, 5.74) is 0. The van der Waals surface area contributed by atoms with Gasteiger partial charge in [0.15, 0.2) is 0 Å². The van der Waals surface area contributed by atoms with E-state index in [2.05, 4.69) is 27.7 Å². The van der Waals surface area contributed by atoms with Crippen LogP contribution in [-0.4, -0.2) is 15.2 Å². The lowest BCUT2D eigenvalue weighted by molar-refractivity contribution is 0.493. The van der Waals surface area contributed by atoms with Gasteiger partial charge in [0.2, 0.25) is 0 Å². The highest BCUT2D eigenvalue weighted by Crippen LogP contribution is 2.19. The summed E-state index contributed by atoms with van der Waals surface area (Å²) in [5.74, 6) is 1.53. The molecule has 14 heavy (non-hydrogen) atoms. The van der Waals surface area contributed by atoms with E-state index < -0.39 is 10.8 Å². The van der Waals surface area contributed by atoms with Gasteiger partial charge in [-0.1, -0.05) is 47.0 Å². The molecule has 0 radical (unpaired) electrons. The first kappa shape index (κ1) is 14.2. The molecule has 86 valence electrons. The lowest BCUT2D eigenvalue weighted by Crippen LogP contribution is -2.25. The van der Waals surface area contributed by atoms with E-state index in [0.717, 1.165) is 37.9 Å².